The Kier molecular flexibility index (Phi) is 7.37. The summed E-state index contributed by atoms with van der Waals surface area (Å²) in [5.74, 6) is -0.892. The molecule has 162 valence electrons. The number of oxime groups is 1. The molecule has 2 aromatic heterocycles. The van der Waals surface area contributed by atoms with Crippen LogP contribution in [0.25, 0.3) is 0 Å². The summed E-state index contributed by atoms with van der Waals surface area (Å²) < 4.78 is 29.9. The van der Waals surface area contributed by atoms with Crippen LogP contribution in [0.3, 0.4) is 0 Å². The number of hydrogen-bond acceptors (Lipinski definition) is 7. The van der Waals surface area contributed by atoms with Crippen molar-refractivity contribution in [2.75, 3.05) is 13.7 Å². The molecule has 31 heavy (non-hydrogen) atoms. The molecule has 0 bridgehead atoms. The minimum atomic E-state index is -0.637. The number of halogens is 1. The van der Waals surface area contributed by atoms with Crippen molar-refractivity contribution in [1.29, 1.82) is 0 Å². The molecule has 0 spiro atoms. The first kappa shape index (κ1) is 22.0. The van der Waals surface area contributed by atoms with E-state index in [1.165, 1.54) is 37.6 Å². The topological polar surface area (TPSA) is 91.2 Å². The molecule has 3 rings (SSSR count). The van der Waals surface area contributed by atoms with Gasteiger partial charge in [0.2, 0.25) is 16.9 Å². The van der Waals surface area contributed by atoms with Crippen molar-refractivity contribution in [3.63, 3.8) is 0 Å². The smallest absolute Gasteiger partial charge is 0.267 e. The second kappa shape index (κ2) is 10.4. The van der Waals surface area contributed by atoms with E-state index in [1.807, 2.05) is 6.92 Å². The van der Waals surface area contributed by atoms with Crippen LogP contribution in [0.5, 0.6) is 5.75 Å². The van der Waals surface area contributed by atoms with Crippen LogP contribution in [0.4, 0.5) is 4.39 Å². The number of ketones is 1. The minimum absolute atomic E-state index is 0.0126. The lowest BCUT2D eigenvalue weighted by atomic mass is 10.1. The zero-order chi connectivity index (χ0) is 22.2. The van der Waals surface area contributed by atoms with Crippen LogP contribution in [-0.4, -0.2) is 25.7 Å². The second-order valence-electron chi connectivity index (χ2n) is 6.69. The Labute approximate surface area is 178 Å². The Bertz CT molecular complexity index is 1110. The third kappa shape index (κ3) is 5.69. The first-order valence-electron chi connectivity index (χ1n) is 9.77. The number of unbranched alkanes of at least 4 members (excludes halogenated alkanes) is 1. The molecule has 0 aliphatic rings. The number of carbonyl (C=O) groups is 1. The van der Waals surface area contributed by atoms with Crippen LogP contribution in [0.1, 0.15) is 53.2 Å². The third-order valence-electron chi connectivity index (χ3n) is 4.34. The molecule has 0 amide bonds. The Morgan fingerprint density at radius 1 is 1.16 bits per heavy atom. The molecule has 0 saturated carbocycles. The summed E-state index contributed by atoms with van der Waals surface area (Å²) in [6.07, 6.45) is 3.12. The highest BCUT2D eigenvalue weighted by atomic mass is 19.1. The van der Waals surface area contributed by atoms with Crippen molar-refractivity contribution in [3.8, 4) is 5.75 Å². The number of carbonyl (C=O) groups excluding carboxylic acids is 1. The molecule has 0 fully saturated rings. The molecule has 0 aliphatic carbocycles. The normalized spacial score (nSPS) is 11.1. The Hall–Kier alpha value is -3.68. The predicted octanol–water partition coefficient (Wildman–Crippen LogP) is 4.35. The van der Waals surface area contributed by atoms with Crippen molar-refractivity contribution in [2.45, 2.75) is 26.2 Å². The maximum absolute atomic E-state index is 13.1. The van der Waals surface area contributed by atoms with Gasteiger partial charge in [-0.15, -0.1) is 0 Å². The molecule has 2 heterocycles. The predicted molar refractivity (Wildman–Crippen MR) is 111 cm³/mol. The molecular formula is C23H22FNO6. The van der Waals surface area contributed by atoms with Crippen molar-refractivity contribution >= 4 is 12.0 Å². The highest BCUT2D eigenvalue weighted by Gasteiger charge is 2.25. The van der Waals surface area contributed by atoms with E-state index in [0.717, 1.165) is 12.0 Å². The largest absolute Gasteiger partial charge is 0.486 e. The van der Waals surface area contributed by atoms with Gasteiger partial charge in [0.05, 0.1) is 6.61 Å². The number of rotatable bonds is 10. The van der Waals surface area contributed by atoms with Gasteiger partial charge in [-0.05, 0) is 36.2 Å². The van der Waals surface area contributed by atoms with Gasteiger partial charge in [0, 0.05) is 12.5 Å². The fraction of sp³-hybridized carbons (Fsp3) is 0.261. The van der Waals surface area contributed by atoms with E-state index in [1.54, 1.807) is 18.2 Å². The lowest BCUT2D eigenvalue weighted by Crippen LogP contribution is -2.15. The van der Waals surface area contributed by atoms with Crippen LogP contribution < -0.4 is 10.2 Å². The van der Waals surface area contributed by atoms with E-state index < -0.39 is 11.2 Å². The van der Waals surface area contributed by atoms with Crippen LogP contribution >= 0.6 is 0 Å². The maximum Gasteiger partial charge on any atom is 0.267 e. The molecule has 3 aromatic rings. The van der Waals surface area contributed by atoms with Crippen molar-refractivity contribution < 1.29 is 27.6 Å². The van der Waals surface area contributed by atoms with E-state index in [-0.39, 0.29) is 35.5 Å². The van der Waals surface area contributed by atoms with Crippen molar-refractivity contribution in [2.24, 2.45) is 5.16 Å². The SMILES string of the molecule is CCCCOc1c(C(=O)c2ccc(Cc3ccc(F)cc3)o2)oc(/C=N/OC)cc1=O. The standard InChI is InChI=1S/C23H22FNO6/c1-3-4-11-29-22-19(26)13-18(14-25-28-2)31-23(22)21(27)20-10-9-17(30-20)12-15-5-7-16(24)8-6-15/h5-10,13-14H,3-4,11-12H2,1-2H3/b25-14+. The molecule has 8 heteroatoms. The molecule has 7 nitrogen and oxygen atoms in total. The quantitative estimate of drug-likeness (QED) is 0.207. The van der Waals surface area contributed by atoms with Gasteiger partial charge in [0.1, 0.15) is 24.9 Å². The van der Waals surface area contributed by atoms with Gasteiger partial charge in [0.25, 0.3) is 5.78 Å². The average Bonchev–Trinajstić information content (AvgIpc) is 3.23. The third-order valence-corrected chi connectivity index (χ3v) is 4.34. The monoisotopic (exact) mass is 427 g/mol. The van der Waals surface area contributed by atoms with E-state index in [9.17, 15) is 14.0 Å². The lowest BCUT2D eigenvalue weighted by Gasteiger charge is -2.09. The zero-order valence-corrected chi connectivity index (χ0v) is 17.2. The number of nitrogens with zero attached hydrogens (tertiary/aromatic N) is 1. The molecule has 0 N–H and O–H groups in total. The van der Waals surface area contributed by atoms with Gasteiger partial charge in [-0.2, -0.15) is 0 Å². The molecule has 0 saturated heterocycles. The molecule has 0 aliphatic heterocycles. The van der Waals surface area contributed by atoms with Crippen LogP contribution in [0.15, 0.2) is 61.2 Å². The van der Waals surface area contributed by atoms with Gasteiger partial charge in [0.15, 0.2) is 11.5 Å². The average molecular weight is 427 g/mol. The first-order chi connectivity index (χ1) is 15.0. The van der Waals surface area contributed by atoms with E-state index in [0.29, 0.717) is 18.6 Å². The molecular weight excluding hydrogens is 405 g/mol. The summed E-state index contributed by atoms with van der Waals surface area (Å²) in [5.41, 5.74) is 0.309. The fourth-order valence-electron chi connectivity index (χ4n) is 2.78. The van der Waals surface area contributed by atoms with Gasteiger partial charge < -0.3 is 18.4 Å². The number of furan rings is 1. The summed E-state index contributed by atoms with van der Waals surface area (Å²) in [5, 5.41) is 3.56. The van der Waals surface area contributed by atoms with Gasteiger partial charge in [-0.3, -0.25) is 9.59 Å². The second-order valence-corrected chi connectivity index (χ2v) is 6.69. The summed E-state index contributed by atoms with van der Waals surface area (Å²) in [6, 6.07) is 10.3. The molecule has 1 aromatic carbocycles. The van der Waals surface area contributed by atoms with Crippen LogP contribution in [0, 0.1) is 5.82 Å². The highest BCUT2D eigenvalue weighted by Crippen LogP contribution is 2.22. The molecule has 0 atom stereocenters. The fourth-order valence-corrected chi connectivity index (χ4v) is 2.78. The highest BCUT2D eigenvalue weighted by molar-refractivity contribution is 6.07. The van der Waals surface area contributed by atoms with Crippen LogP contribution in [0.2, 0.25) is 0 Å². The Morgan fingerprint density at radius 2 is 1.94 bits per heavy atom. The number of benzene rings is 1. The zero-order valence-electron chi connectivity index (χ0n) is 17.2. The maximum atomic E-state index is 13.1. The van der Waals surface area contributed by atoms with E-state index >= 15 is 0 Å². The summed E-state index contributed by atoms with van der Waals surface area (Å²) in [6.45, 7) is 2.24. The van der Waals surface area contributed by atoms with Crippen LogP contribution in [-0.2, 0) is 11.3 Å². The van der Waals surface area contributed by atoms with Crippen molar-refractivity contribution in [3.05, 3.63) is 87.1 Å². The summed E-state index contributed by atoms with van der Waals surface area (Å²) in [4.78, 5) is 30.2. The van der Waals surface area contributed by atoms with Gasteiger partial charge in [-0.1, -0.05) is 30.6 Å². The van der Waals surface area contributed by atoms with Crippen molar-refractivity contribution in [1.82, 2.24) is 0 Å². The molecule has 0 radical (unpaired) electrons. The lowest BCUT2D eigenvalue weighted by molar-refractivity contribution is 0.0971. The summed E-state index contributed by atoms with van der Waals surface area (Å²) >= 11 is 0. The van der Waals surface area contributed by atoms with Gasteiger partial charge in [-0.25, -0.2) is 4.39 Å². The van der Waals surface area contributed by atoms with E-state index in [4.69, 9.17) is 13.6 Å². The first-order valence-corrected chi connectivity index (χ1v) is 9.77. The Morgan fingerprint density at radius 3 is 2.65 bits per heavy atom. The number of hydrogen-bond donors (Lipinski definition) is 0. The summed E-state index contributed by atoms with van der Waals surface area (Å²) in [7, 11) is 1.34. The Balaban J connectivity index is 1.90. The van der Waals surface area contributed by atoms with Gasteiger partial charge >= 0.3 is 0 Å². The van der Waals surface area contributed by atoms with E-state index in [2.05, 4.69) is 9.99 Å². The number of ether oxygens (including phenoxy) is 1. The minimum Gasteiger partial charge on any atom is -0.486 e. The molecule has 0 unspecified atom stereocenters.